The van der Waals surface area contributed by atoms with Gasteiger partial charge in [-0.25, -0.2) is 9.18 Å². The minimum absolute atomic E-state index is 0.0842. The van der Waals surface area contributed by atoms with E-state index in [-0.39, 0.29) is 17.2 Å². The van der Waals surface area contributed by atoms with E-state index in [0.29, 0.717) is 27.3 Å². The summed E-state index contributed by atoms with van der Waals surface area (Å²) >= 11 is 1.10. The van der Waals surface area contributed by atoms with Crippen molar-refractivity contribution in [1.29, 1.82) is 0 Å². The van der Waals surface area contributed by atoms with E-state index in [0.717, 1.165) is 16.9 Å². The Morgan fingerprint density at radius 2 is 1.89 bits per heavy atom. The van der Waals surface area contributed by atoms with Crippen LogP contribution in [0.25, 0.3) is 11.1 Å². The normalized spacial score (nSPS) is 15.9. The number of fused-ring (bicyclic) bond motifs is 1. The molecule has 1 aliphatic heterocycles. The van der Waals surface area contributed by atoms with Gasteiger partial charge in [0.15, 0.2) is 0 Å². The number of carboxylic acid groups (broad SMARTS) is 1. The molecular weight excluding hydrogens is 365 g/mol. The van der Waals surface area contributed by atoms with Crippen LogP contribution in [0.1, 0.15) is 38.0 Å². The first-order chi connectivity index (χ1) is 13.0. The lowest BCUT2D eigenvalue weighted by atomic mass is 9.88. The summed E-state index contributed by atoms with van der Waals surface area (Å²) in [6, 6.07) is 13.8. The molecule has 4 nitrogen and oxygen atoms in total. The van der Waals surface area contributed by atoms with Gasteiger partial charge in [0.1, 0.15) is 10.7 Å². The topological polar surface area (TPSA) is 66.4 Å². The summed E-state index contributed by atoms with van der Waals surface area (Å²) in [5.41, 5.74) is 3.13. The third kappa shape index (κ3) is 3.02. The number of carboxylic acids is 1. The molecule has 136 valence electrons. The van der Waals surface area contributed by atoms with Crippen LogP contribution >= 0.6 is 11.3 Å². The average molecular weight is 381 g/mol. The van der Waals surface area contributed by atoms with Crippen LogP contribution < -0.4 is 5.32 Å². The summed E-state index contributed by atoms with van der Waals surface area (Å²) in [4.78, 5) is 25.1. The maximum atomic E-state index is 14.4. The third-order valence-corrected chi connectivity index (χ3v) is 6.01. The van der Waals surface area contributed by atoms with Crippen LogP contribution in [0.3, 0.4) is 0 Å². The number of rotatable bonds is 3. The second kappa shape index (κ2) is 6.63. The first kappa shape index (κ1) is 17.4. The monoisotopic (exact) mass is 381 g/mol. The van der Waals surface area contributed by atoms with Crippen molar-refractivity contribution in [2.75, 3.05) is 5.32 Å². The van der Waals surface area contributed by atoms with Crippen LogP contribution in [-0.4, -0.2) is 17.0 Å². The predicted octanol–water partition coefficient (Wildman–Crippen LogP) is 5.03. The molecule has 1 aromatic heterocycles. The zero-order valence-corrected chi connectivity index (χ0v) is 15.3. The van der Waals surface area contributed by atoms with Gasteiger partial charge in [-0.15, -0.1) is 11.3 Å². The van der Waals surface area contributed by atoms with Crippen molar-refractivity contribution in [2.45, 2.75) is 19.3 Å². The third-order valence-electron chi connectivity index (χ3n) is 4.72. The van der Waals surface area contributed by atoms with Gasteiger partial charge in [0.2, 0.25) is 5.91 Å². The van der Waals surface area contributed by atoms with Gasteiger partial charge in [-0.05, 0) is 24.1 Å². The maximum Gasteiger partial charge on any atom is 0.346 e. The molecule has 27 heavy (non-hydrogen) atoms. The molecule has 6 heteroatoms. The molecule has 0 fully saturated rings. The summed E-state index contributed by atoms with van der Waals surface area (Å²) in [5.74, 6) is -2.21. The van der Waals surface area contributed by atoms with Gasteiger partial charge in [-0.1, -0.05) is 48.0 Å². The van der Waals surface area contributed by atoms with Crippen molar-refractivity contribution in [3.05, 3.63) is 75.2 Å². The van der Waals surface area contributed by atoms with Crippen LogP contribution in [0.5, 0.6) is 0 Å². The average Bonchev–Trinajstić information content (AvgIpc) is 3.02. The van der Waals surface area contributed by atoms with E-state index in [1.807, 2.05) is 31.2 Å². The van der Waals surface area contributed by atoms with Crippen LogP contribution in [0.2, 0.25) is 0 Å². The molecule has 0 radical (unpaired) electrons. The molecule has 0 spiro atoms. The Balaban J connectivity index is 1.95. The number of hydrogen-bond donors (Lipinski definition) is 2. The van der Waals surface area contributed by atoms with E-state index in [1.165, 1.54) is 6.07 Å². The molecule has 0 saturated carbocycles. The number of anilines is 1. The second-order valence-electron chi connectivity index (χ2n) is 6.54. The number of amides is 1. The van der Waals surface area contributed by atoms with Crippen LogP contribution in [0.4, 0.5) is 10.1 Å². The van der Waals surface area contributed by atoms with E-state index >= 15 is 0 Å². The number of thiophene rings is 1. The lowest BCUT2D eigenvalue weighted by Gasteiger charge is -2.24. The fourth-order valence-electron chi connectivity index (χ4n) is 3.44. The highest BCUT2D eigenvalue weighted by atomic mass is 32.1. The van der Waals surface area contributed by atoms with Gasteiger partial charge in [0, 0.05) is 22.8 Å². The molecule has 3 aromatic rings. The Bertz CT molecular complexity index is 1060. The summed E-state index contributed by atoms with van der Waals surface area (Å²) in [6.07, 6.45) is 0.0842. The highest BCUT2D eigenvalue weighted by molar-refractivity contribution is 7.15. The number of carbonyl (C=O) groups is 2. The lowest BCUT2D eigenvalue weighted by Crippen LogP contribution is -2.23. The van der Waals surface area contributed by atoms with E-state index in [4.69, 9.17) is 0 Å². The zero-order valence-electron chi connectivity index (χ0n) is 14.5. The summed E-state index contributed by atoms with van der Waals surface area (Å²) in [7, 11) is 0. The van der Waals surface area contributed by atoms with Gasteiger partial charge < -0.3 is 10.4 Å². The summed E-state index contributed by atoms with van der Waals surface area (Å²) in [5, 5.41) is 12.6. The number of aryl methyl sites for hydroxylation is 1. The molecule has 0 bridgehead atoms. The second-order valence-corrected chi connectivity index (χ2v) is 7.60. The summed E-state index contributed by atoms with van der Waals surface area (Å²) in [6.45, 7) is 1.95. The Kier molecular flexibility index (Phi) is 4.28. The van der Waals surface area contributed by atoms with Crippen LogP contribution in [0, 0.1) is 12.7 Å². The molecule has 1 atom stereocenters. The van der Waals surface area contributed by atoms with Crippen molar-refractivity contribution in [3.63, 3.8) is 0 Å². The number of hydrogen-bond acceptors (Lipinski definition) is 3. The Hall–Kier alpha value is -2.99. The van der Waals surface area contributed by atoms with E-state index < -0.39 is 17.7 Å². The standard InChI is InChI=1S/C21H16FNO3S/c1-11-6-8-12(9-7-11)17-18-19(27-20(17)21(25)26)14(10-16(24)23-18)13-4-2-3-5-15(13)22/h2-9,14H,10H2,1H3,(H,23,24)(H,25,26)/t14-/m1/s1. The lowest BCUT2D eigenvalue weighted by molar-refractivity contribution is -0.116. The van der Waals surface area contributed by atoms with Crippen LogP contribution in [0.15, 0.2) is 48.5 Å². The molecule has 2 N–H and O–H groups in total. The number of carbonyl (C=O) groups excluding carboxylic acids is 1. The first-order valence-corrected chi connectivity index (χ1v) is 9.28. The van der Waals surface area contributed by atoms with Gasteiger partial charge in [-0.2, -0.15) is 0 Å². The zero-order chi connectivity index (χ0) is 19.1. The van der Waals surface area contributed by atoms with E-state index in [9.17, 15) is 19.1 Å². The van der Waals surface area contributed by atoms with Gasteiger partial charge in [-0.3, -0.25) is 4.79 Å². The molecule has 1 amide bonds. The molecule has 0 unspecified atom stereocenters. The Morgan fingerprint density at radius 3 is 2.56 bits per heavy atom. The number of nitrogens with one attached hydrogen (secondary N) is 1. The van der Waals surface area contributed by atoms with Crippen molar-refractivity contribution in [2.24, 2.45) is 0 Å². The van der Waals surface area contributed by atoms with Crippen molar-refractivity contribution >= 4 is 28.9 Å². The predicted molar refractivity (Wildman–Crippen MR) is 103 cm³/mol. The molecule has 2 aromatic carbocycles. The van der Waals surface area contributed by atoms with Crippen molar-refractivity contribution < 1.29 is 19.1 Å². The van der Waals surface area contributed by atoms with Crippen molar-refractivity contribution in [1.82, 2.24) is 0 Å². The minimum atomic E-state index is -1.06. The van der Waals surface area contributed by atoms with Gasteiger partial charge >= 0.3 is 5.97 Å². The van der Waals surface area contributed by atoms with Gasteiger partial charge in [0.25, 0.3) is 0 Å². The number of benzene rings is 2. The van der Waals surface area contributed by atoms with Gasteiger partial charge in [0.05, 0.1) is 5.69 Å². The highest BCUT2D eigenvalue weighted by Crippen LogP contribution is 2.49. The van der Waals surface area contributed by atoms with E-state index in [1.54, 1.807) is 18.2 Å². The SMILES string of the molecule is Cc1ccc(-c2c(C(=O)O)sc3c2NC(=O)C[C@@H]3c2ccccc2F)cc1. The molecule has 0 saturated heterocycles. The maximum absolute atomic E-state index is 14.4. The Labute approximate surface area is 159 Å². The highest BCUT2D eigenvalue weighted by Gasteiger charge is 2.35. The minimum Gasteiger partial charge on any atom is -0.477 e. The number of halogens is 1. The first-order valence-electron chi connectivity index (χ1n) is 8.47. The fraction of sp³-hybridized carbons (Fsp3) is 0.143. The van der Waals surface area contributed by atoms with Crippen molar-refractivity contribution in [3.8, 4) is 11.1 Å². The molecular formula is C21H16FNO3S. The van der Waals surface area contributed by atoms with Crippen LogP contribution in [-0.2, 0) is 4.79 Å². The largest absolute Gasteiger partial charge is 0.477 e. The fourth-order valence-corrected chi connectivity index (χ4v) is 4.68. The Morgan fingerprint density at radius 1 is 1.19 bits per heavy atom. The molecule has 2 heterocycles. The van der Waals surface area contributed by atoms with E-state index in [2.05, 4.69) is 5.32 Å². The summed E-state index contributed by atoms with van der Waals surface area (Å²) < 4.78 is 14.4. The number of aromatic carboxylic acids is 1. The molecule has 4 rings (SSSR count). The quantitative estimate of drug-likeness (QED) is 0.668. The molecule has 0 aliphatic carbocycles. The molecule has 1 aliphatic rings. The smallest absolute Gasteiger partial charge is 0.346 e.